The van der Waals surface area contributed by atoms with Crippen LogP contribution in [0.1, 0.15) is 30.1 Å². The summed E-state index contributed by atoms with van der Waals surface area (Å²) in [7, 11) is 0. The third-order valence-electron chi connectivity index (χ3n) is 3.22. The molecule has 2 atom stereocenters. The van der Waals surface area contributed by atoms with Gasteiger partial charge >= 0.3 is 0 Å². The first-order valence-electron chi connectivity index (χ1n) is 6.13. The monoisotopic (exact) mass is 250 g/mol. The van der Waals surface area contributed by atoms with Gasteiger partial charge in [0.25, 0.3) is 5.91 Å². The molecule has 1 aliphatic rings. The predicted octanol–water partition coefficient (Wildman–Crippen LogP) is 0.968. The number of benzene rings is 1. The average Bonchev–Trinajstić information content (AvgIpc) is 2.32. The number of rotatable bonds is 2. The Morgan fingerprint density at radius 3 is 2.94 bits per heavy atom. The molecule has 1 heterocycles. The average molecular weight is 250 g/mol. The van der Waals surface area contributed by atoms with E-state index < -0.39 is 0 Å². The topological polar surface area (TPSA) is 81.6 Å². The van der Waals surface area contributed by atoms with Crippen molar-refractivity contribution in [2.75, 3.05) is 6.54 Å². The lowest BCUT2D eigenvalue weighted by Crippen LogP contribution is -2.46. The summed E-state index contributed by atoms with van der Waals surface area (Å²) in [5.74, 6) is -0.985. The van der Waals surface area contributed by atoms with Crippen molar-refractivity contribution < 1.29 is 15.0 Å². The molecule has 1 saturated heterocycles. The van der Waals surface area contributed by atoms with Gasteiger partial charge in [-0.05, 0) is 38.4 Å². The molecule has 1 aliphatic heterocycles. The zero-order valence-electron chi connectivity index (χ0n) is 10.3. The van der Waals surface area contributed by atoms with Gasteiger partial charge in [0, 0.05) is 12.1 Å². The van der Waals surface area contributed by atoms with Crippen LogP contribution in [0.2, 0.25) is 0 Å². The quantitative estimate of drug-likeness (QED) is 0.589. The molecule has 98 valence electrons. The lowest BCUT2D eigenvalue weighted by atomic mass is 10.00. The van der Waals surface area contributed by atoms with E-state index in [4.69, 9.17) is 0 Å². The fourth-order valence-corrected chi connectivity index (χ4v) is 2.24. The van der Waals surface area contributed by atoms with E-state index in [-0.39, 0.29) is 29.0 Å². The molecule has 0 aromatic heterocycles. The van der Waals surface area contributed by atoms with Gasteiger partial charge in [0.2, 0.25) is 0 Å². The normalized spacial score (nSPS) is 23.6. The zero-order chi connectivity index (χ0) is 13.1. The molecule has 0 bridgehead atoms. The summed E-state index contributed by atoms with van der Waals surface area (Å²) in [5.41, 5.74) is 0.112. The molecule has 0 spiro atoms. The molecule has 2 unspecified atom stereocenters. The minimum atomic E-state index is -0.364. The largest absolute Gasteiger partial charge is 0.504 e. The minimum absolute atomic E-state index is 0.107. The number of hydrogen-bond donors (Lipinski definition) is 4. The van der Waals surface area contributed by atoms with Crippen molar-refractivity contribution >= 4 is 5.91 Å². The summed E-state index contributed by atoms with van der Waals surface area (Å²) in [6.45, 7) is 2.95. The number of amides is 1. The number of phenols is 2. The minimum Gasteiger partial charge on any atom is -0.504 e. The molecular formula is C13H18N2O3. The Morgan fingerprint density at radius 1 is 1.44 bits per heavy atom. The van der Waals surface area contributed by atoms with Gasteiger partial charge in [-0.15, -0.1) is 0 Å². The maximum absolute atomic E-state index is 12.0. The van der Waals surface area contributed by atoms with Crippen molar-refractivity contribution in [1.82, 2.24) is 10.6 Å². The highest BCUT2D eigenvalue weighted by Gasteiger charge is 2.22. The Morgan fingerprint density at radius 2 is 2.22 bits per heavy atom. The van der Waals surface area contributed by atoms with Gasteiger partial charge in [-0.25, -0.2) is 0 Å². The van der Waals surface area contributed by atoms with Gasteiger partial charge in [0.1, 0.15) is 0 Å². The standard InChI is InChI=1S/C13H18N2O3/c1-8-7-9(5-6-14-8)15-13(18)10-3-2-4-11(16)12(10)17/h2-4,8-9,14,16-17H,5-7H2,1H3,(H,15,18). The van der Waals surface area contributed by atoms with Crippen LogP contribution in [0, 0.1) is 0 Å². The van der Waals surface area contributed by atoms with Crippen LogP contribution < -0.4 is 10.6 Å². The summed E-state index contributed by atoms with van der Waals surface area (Å²) in [6, 6.07) is 4.86. The van der Waals surface area contributed by atoms with Crippen LogP contribution in [0.25, 0.3) is 0 Å². The van der Waals surface area contributed by atoms with E-state index in [1.54, 1.807) is 0 Å². The number of carbonyl (C=O) groups excluding carboxylic acids is 1. The molecule has 5 nitrogen and oxygen atoms in total. The molecule has 1 aromatic rings. The Bertz CT molecular complexity index is 448. The summed E-state index contributed by atoms with van der Waals surface area (Å²) < 4.78 is 0. The lowest BCUT2D eigenvalue weighted by Gasteiger charge is -2.28. The van der Waals surface area contributed by atoms with Crippen LogP contribution in [-0.2, 0) is 0 Å². The van der Waals surface area contributed by atoms with E-state index >= 15 is 0 Å². The second-order valence-electron chi connectivity index (χ2n) is 4.72. The molecule has 1 fully saturated rings. The number of nitrogens with one attached hydrogen (secondary N) is 2. The van der Waals surface area contributed by atoms with Crippen LogP contribution in [-0.4, -0.2) is 34.7 Å². The number of piperidine rings is 1. The van der Waals surface area contributed by atoms with E-state index in [0.29, 0.717) is 6.04 Å². The lowest BCUT2D eigenvalue weighted by molar-refractivity contribution is 0.0922. The summed E-state index contributed by atoms with van der Waals surface area (Å²) >= 11 is 0. The van der Waals surface area contributed by atoms with E-state index in [1.807, 2.05) is 0 Å². The Balaban J connectivity index is 2.05. The highest BCUT2D eigenvalue weighted by Crippen LogP contribution is 2.28. The van der Waals surface area contributed by atoms with Crippen LogP contribution in [0.5, 0.6) is 11.5 Å². The van der Waals surface area contributed by atoms with Crippen molar-refractivity contribution in [3.63, 3.8) is 0 Å². The van der Waals surface area contributed by atoms with Crippen LogP contribution in [0.4, 0.5) is 0 Å². The number of phenolic OH excluding ortho intramolecular Hbond substituents is 2. The molecule has 18 heavy (non-hydrogen) atoms. The molecular weight excluding hydrogens is 232 g/mol. The van der Waals surface area contributed by atoms with Crippen LogP contribution >= 0.6 is 0 Å². The summed E-state index contributed by atoms with van der Waals surface area (Å²) in [6.07, 6.45) is 1.74. The molecule has 0 radical (unpaired) electrons. The molecule has 4 N–H and O–H groups in total. The van der Waals surface area contributed by atoms with Gasteiger partial charge < -0.3 is 20.8 Å². The highest BCUT2D eigenvalue weighted by atomic mass is 16.3. The first-order valence-corrected chi connectivity index (χ1v) is 6.13. The Labute approximate surface area is 106 Å². The zero-order valence-corrected chi connectivity index (χ0v) is 10.3. The predicted molar refractivity (Wildman–Crippen MR) is 67.7 cm³/mol. The third-order valence-corrected chi connectivity index (χ3v) is 3.22. The van der Waals surface area contributed by atoms with Crippen LogP contribution in [0.15, 0.2) is 18.2 Å². The molecule has 5 heteroatoms. The number of hydrogen-bond acceptors (Lipinski definition) is 4. The van der Waals surface area contributed by atoms with Gasteiger partial charge in [0.15, 0.2) is 11.5 Å². The van der Waals surface area contributed by atoms with E-state index in [1.165, 1.54) is 18.2 Å². The fraction of sp³-hybridized carbons (Fsp3) is 0.462. The third kappa shape index (κ3) is 2.73. The van der Waals surface area contributed by atoms with Crippen molar-refractivity contribution in [2.24, 2.45) is 0 Å². The fourth-order valence-electron chi connectivity index (χ4n) is 2.24. The first kappa shape index (κ1) is 12.7. The molecule has 0 aliphatic carbocycles. The van der Waals surface area contributed by atoms with Gasteiger partial charge in [-0.2, -0.15) is 0 Å². The summed E-state index contributed by atoms with van der Waals surface area (Å²) in [4.78, 5) is 12.0. The van der Waals surface area contributed by atoms with Crippen molar-refractivity contribution in [3.8, 4) is 11.5 Å². The Kier molecular flexibility index (Phi) is 3.72. The SMILES string of the molecule is CC1CC(NC(=O)c2cccc(O)c2O)CCN1. The smallest absolute Gasteiger partial charge is 0.255 e. The number of carbonyl (C=O) groups is 1. The van der Waals surface area contributed by atoms with Crippen molar-refractivity contribution in [2.45, 2.75) is 31.8 Å². The van der Waals surface area contributed by atoms with Crippen molar-refractivity contribution in [3.05, 3.63) is 23.8 Å². The van der Waals surface area contributed by atoms with Gasteiger partial charge in [-0.3, -0.25) is 4.79 Å². The maximum Gasteiger partial charge on any atom is 0.255 e. The molecule has 2 rings (SSSR count). The first-order chi connectivity index (χ1) is 8.58. The maximum atomic E-state index is 12.0. The molecule has 1 amide bonds. The highest BCUT2D eigenvalue weighted by molar-refractivity contribution is 5.97. The molecule has 0 saturated carbocycles. The van der Waals surface area contributed by atoms with Crippen LogP contribution in [0.3, 0.4) is 0 Å². The second-order valence-corrected chi connectivity index (χ2v) is 4.72. The Hall–Kier alpha value is -1.75. The van der Waals surface area contributed by atoms with Gasteiger partial charge in [0.05, 0.1) is 5.56 Å². The molecule has 1 aromatic carbocycles. The number of aromatic hydroxyl groups is 2. The van der Waals surface area contributed by atoms with Crippen molar-refractivity contribution in [1.29, 1.82) is 0 Å². The van der Waals surface area contributed by atoms with E-state index in [2.05, 4.69) is 17.6 Å². The second kappa shape index (κ2) is 5.27. The van der Waals surface area contributed by atoms with Gasteiger partial charge in [-0.1, -0.05) is 6.07 Å². The summed E-state index contributed by atoms with van der Waals surface area (Å²) in [5, 5.41) is 25.2. The number of para-hydroxylation sites is 1. The van der Waals surface area contributed by atoms with E-state index in [9.17, 15) is 15.0 Å². The van der Waals surface area contributed by atoms with E-state index in [0.717, 1.165) is 19.4 Å².